The molecule has 6 aromatic rings. The van der Waals surface area contributed by atoms with E-state index in [2.05, 4.69) is 64.4 Å². The van der Waals surface area contributed by atoms with Crippen LogP contribution in [0.5, 0.6) is 0 Å². The van der Waals surface area contributed by atoms with Crippen LogP contribution in [-0.2, 0) is 54.8 Å². The fraction of sp³-hybridized carbons (Fsp3) is 0.482. The first kappa shape index (κ1) is 61.1. The number of carbonyl (C=O) groups is 3. The van der Waals surface area contributed by atoms with E-state index < -0.39 is 29.4 Å². The Kier molecular flexibility index (Phi) is 19.6. The maximum absolute atomic E-state index is 12.6. The molecule has 8 rings (SSSR count). The Balaban J connectivity index is 0.000000200. The van der Waals surface area contributed by atoms with Crippen molar-refractivity contribution in [1.82, 2.24) is 38.9 Å². The lowest BCUT2D eigenvalue weighted by molar-refractivity contribution is -0.105. The third kappa shape index (κ3) is 17.5. The summed E-state index contributed by atoms with van der Waals surface area (Å²) in [7, 11) is -5.29. The lowest BCUT2D eigenvalue weighted by Crippen LogP contribution is -2.51. The van der Waals surface area contributed by atoms with E-state index in [1.807, 2.05) is 90.1 Å². The molecule has 3 amide bonds. The van der Waals surface area contributed by atoms with Gasteiger partial charge in [-0.2, -0.15) is 9.97 Å². The highest BCUT2D eigenvalue weighted by Gasteiger charge is 2.37. The van der Waals surface area contributed by atoms with Gasteiger partial charge in [0.2, 0.25) is 27.4 Å². The molecule has 426 valence electrons. The van der Waals surface area contributed by atoms with Crippen LogP contribution in [-0.4, -0.2) is 123 Å². The van der Waals surface area contributed by atoms with E-state index in [1.165, 1.54) is 22.9 Å². The molecule has 0 bridgehead atoms. The number of nitrogens with zero attached hydrogens (tertiary/aromatic N) is 8. The number of aryl methyl sites for hydroxylation is 2. The molecule has 4 aromatic heterocycles. The fourth-order valence-electron chi connectivity index (χ4n) is 8.05. The zero-order chi connectivity index (χ0) is 58.1. The molecule has 0 radical (unpaired) electrons. The van der Waals surface area contributed by atoms with Gasteiger partial charge in [0.1, 0.15) is 22.5 Å². The second-order valence-corrected chi connectivity index (χ2v) is 30.1. The Hall–Kier alpha value is -7.08. The fourth-order valence-corrected chi connectivity index (χ4v) is 9.51. The Morgan fingerprint density at radius 3 is 1.67 bits per heavy atom. The first-order chi connectivity index (χ1) is 36.9. The Bertz CT molecular complexity index is 3360. The summed E-state index contributed by atoms with van der Waals surface area (Å²) in [4.78, 5) is 79.6. The molecule has 21 nitrogen and oxygen atoms in total. The quantitative estimate of drug-likeness (QED) is 0.0494. The van der Waals surface area contributed by atoms with Gasteiger partial charge in [0, 0.05) is 92.2 Å². The molecular formula is C56H76N10O11SSi. The van der Waals surface area contributed by atoms with Crippen molar-refractivity contribution in [3.8, 4) is 0 Å². The molecule has 0 unspecified atom stereocenters. The SMILES string of the molecule is CC(C)(C)OC(=O)N1CC(CCn2c(=O)ccc3cnc(Nc4cccc(CO)c4)nc32)C1.CC(C)(C)OC(=O)N1CC(CCn2c(=O)ccc3cnc(S(C)(=O)=O)nc32)C1.CC(C)(C)[Si](C)(C)OCc1cccc(NC=O)c1. The Morgan fingerprint density at radius 1 is 0.709 bits per heavy atom. The first-order valence-corrected chi connectivity index (χ1v) is 31.0. The molecule has 3 N–H and O–H groups in total. The summed E-state index contributed by atoms with van der Waals surface area (Å²) in [6.45, 7) is 26.0. The summed E-state index contributed by atoms with van der Waals surface area (Å²) >= 11 is 0. The van der Waals surface area contributed by atoms with E-state index in [0.717, 1.165) is 40.6 Å². The molecule has 0 atom stereocenters. The van der Waals surface area contributed by atoms with E-state index in [9.17, 15) is 37.5 Å². The number of pyridine rings is 2. The minimum Gasteiger partial charge on any atom is -0.444 e. The van der Waals surface area contributed by atoms with Crippen LogP contribution < -0.4 is 21.8 Å². The predicted molar refractivity (Wildman–Crippen MR) is 306 cm³/mol. The van der Waals surface area contributed by atoms with Gasteiger partial charge in [0.25, 0.3) is 11.1 Å². The number of fused-ring (bicyclic) bond motifs is 2. The van der Waals surface area contributed by atoms with Gasteiger partial charge in [-0.3, -0.25) is 23.5 Å². The molecule has 23 heteroatoms. The monoisotopic (exact) mass is 1120 g/mol. The van der Waals surface area contributed by atoms with Crippen molar-refractivity contribution in [2.45, 2.75) is 136 Å². The number of hydrogen-bond acceptors (Lipinski definition) is 16. The lowest BCUT2D eigenvalue weighted by Gasteiger charge is -2.39. The van der Waals surface area contributed by atoms with Gasteiger partial charge in [0.05, 0.1) is 13.2 Å². The lowest BCUT2D eigenvalue weighted by atomic mass is 9.97. The number of nitrogens with one attached hydrogen (secondary N) is 2. The van der Waals surface area contributed by atoms with Crippen LogP contribution in [0.3, 0.4) is 0 Å². The van der Waals surface area contributed by atoms with Crippen molar-refractivity contribution in [3.05, 3.63) is 117 Å². The average Bonchev–Trinajstić information content (AvgIpc) is 3.32. The molecule has 2 aliphatic heterocycles. The Labute approximate surface area is 462 Å². The van der Waals surface area contributed by atoms with E-state index in [0.29, 0.717) is 87.3 Å². The molecule has 0 spiro atoms. The third-order valence-electron chi connectivity index (χ3n) is 13.4. The standard InChI is InChI=1S/C24H29N5O4.C18H24N4O5S.C14H23NO2Si/c1-24(2,3)33-23(32)28-13-17(14-28)9-10-29-20(31)8-7-18-12-25-22(27-21(18)29)26-19-6-4-5-16(11-19)15-30;1-18(2,3)27-17(24)21-10-12(11-21)7-8-22-14(23)6-5-13-9-19-16(20-15(13)22)28(4,25)26;1-14(2,3)18(4,5)17-10-12-7-6-8-13(9-12)15-11-16/h4-8,11-12,17,30H,9-10,13-15H2,1-3H3,(H,25,26,27);5-6,9,12H,7-8,10-11H2,1-4H3;6-9,11H,10H2,1-5H3,(H,15,16). The highest BCUT2D eigenvalue weighted by Crippen LogP contribution is 2.37. The number of amides is 3. The molecule has 0 saturated carbocycles. The zero-order valence-corrected chi connectivity index (χ0v) is 49.2. The molecule has 79 heavy (non-hydrogen) atoms. The number of likely N-dealkylation sites (tertiary alicyclic amines) is 2. The van der Waals surface area contributed by atoms with E-state index in [1.54, 1.807) is 32.7 Å². The highest BCUT2D eigenvalue weighted by molar-refractivity contribution is 7.90. The number of hydrogen-bond donors (Lipinski definition) is 3. The summed E-state index contributed by atoms with van der Waals surface area (Å²) < 4.78 is 43.4. The van der Waals surface area contributed by atoms with Gasteiger partial charge in [-0.1, -0.05) is 45.0 Å². The second-order valence-electron chi connectivity index (χ2n) is 23.4. The van der Waals surface area contributed by atoms with Crippen molar-refractivity contribution in [2.75, 3.05) is 43.1 Å². The van der Waals surface area contributed by atoms with Gasteiger partial charge in [-0.15, -0.1) is 0 Å². The average molecular weight is 1130 g/mol. The number of ether oxygens (including phenoxy) is 2. The molecule has 2 aromatic carbocycles. The maximum Gasteiger partial charge on any atom is 0.410 e. The van der Waals surface area contributed by atoms with Crippen LogP contribution in [0.2, 0.25) is 18.1 Å². The van der Waals surface area contributed by atoms with Gasteiger partial charge < -0.3 is 39.4 Å². The van der Waals surface area contributed by atoms with Gasteiger partial charge in [-0.25, -0.2) is 28.0 Å². The topological polar surface area (TPSA) is 259 Å². The predicted octanol–water partition coefficient (Wildman–Crippen LogP) is 8.51. The number of sulfone groups is 1. The number of rotatable bonds is 15. The third-order valence-corrected chi connectivity index (χ3v) is 18.8. The molecule has 2 saturated heterocycles. The number of anilines is 3. The number of benzene rings is 2. The molecule has 2 aliphatic rings. The van der Waals surface area contributed by atoms with Crippen molar-refractivity contribution < 1.29 is 41.8 Å². The summed E-state index contributed by atoms with van der Waals surface area (Å²) in [5.74, 6) is 0.919. The van der Waals surface area contributed by atoms with E-state index in [-0.39, 0.29) is 46.0 Å². The summed E-state index contributed by atoms with van der Waals surface area (Å²) in [6.07, 6.45) is 5.59. The zero-order valence-electron chi connectivity index (χ0n) is 47.4. The van der Waals surface area contributed by atoms with E-state index >= 15 is 0 Å². The molecule has 0 aliphatic carbocycles. The summed E-state index contributed by atoms with van der Waals surface area (Å²) in [6, 6.07) is 21.3. The van der Waals surface area contributed by atoms with Crippen LogP contribution in [0.4, 0.5) is 26.9 Å². The number of aromatic nitrogens is 6. The molecule has 6 heterocycles. The first-order valence-electron chi connectivity index (χ1n) is 26.2. The summed E-state index contributed by atoms with van der Waals surface area (Å²) in [5.41, 5.74) is 2.85. The van der Waals surface area contributed by atoms with Crippen molar-refractivity contribution in [3.63, 3.8) is 0 Å². The largest absolute Gasteiger partial charge is 0.444 e. The van der Waals surface area contributed by atoms with Crippen molar-refractivity contribution >= 4 is 76.1 Å². The highest BCUT2D eigenvalue weighted by atomic mass is 32.2. The van der Waals surface area contributed by atoms with Crippen molar-refractivity contribution in [2.24, 2.45) is 11.8 Å². The summed E-state index contributed by atoms with van der Waals surface area (Å²) in [5, 5.41) is 16.4. The minimum absolute atomic E-state index is 0.0554. The maximum atomic E-state index is 12.6. The number of aliphatic hydroxyl groups is 1. The van der Waals surface area contributed by atoms with Crippen LogP contribution in [0.1, 0.15) is 86.3 Å². The minimum atomic E-state index is -3.58. The molecular weight excluding hydrogens is 1050 g/mol. The van der Waals surface area contributed by atoms with Crippen LogP contribution in [0.25, 0.3) is 22.1 Å². The number of aliphatic hydroxyl groups excluding tert-OH is 1. The van der Waals surface area contributed by atoms with Crippen LogP contribution in [0, 0.1) is 11.8 Å². The van der Waals surface area contributed by atoms with Gasteiger partial charge in [-0.05, 0) is 132 Å². The van der Waals surface area contributed by atoms with Crippen LogP contribution >= 0.6 is 0 Å². The second kappa shape index (κ2) is 25.4. The molecule has 2 fully saturated rings. The van der Waals surface area contributed by atoms with Crippen molar-refractivity contribution in [1.29, 1.82) is 0 Å². The smallest absolute Gasteiger partial charge is 0.410 e. The van der Waals surface area contributed by atoms with Crippen LogP contribution in [0.15, 0.2) is 99.9 Å². The normalized spacial score (nSPS) is 14.2. The van der Waals surface area contributed by atoms with E-state index in [4.69, 9.17) is 13.9 Å². The Morgan fingerprint density at radius 2 is 1.19 bits per heavy atom. The van der Waals surface area contributed by atoms with Gasteiger partial charge >= 0.3 is 12.2 Å². The van der Waals surface area contributed by atoms with Gasteiger partial charge in [0.15, 0.2) is 8.32 Å². The number of carbonyl (C=O) groups excluding carboxylic acids is 3.